The van der Waals surface area contributed by atoms with Gasteiger partial charge in [-0.05, 0) is 43.2 Å². The summed E-state index contributed by atoms with van der Waals surface area (Å²) >= 11 is 6.14. The summed E-state index contributed by atoms with van der Waals surface area (Å²) in [6.45, 7) is 4.88. The molecule has 0 aliphatic carbocycles. The van der Waals surface area contributed by atoms with Crippen molar-refractivity contribution in [3.63, 3.8) is 0 Å². The quantitative estimate of drug-likeness (QED) is 0.572. The Hall–Kier alpha value is -1.93. The molecule has 0 spiro atoms. The highest BCUT2D eigenvalue weighted by atomic mass is 35.5. The predicted molar refractivity (Wildman–Crippen MR) is 102 cm³/mol. The third-order valence-electron chi connectivity index (χ3n) is 4.37. The van der Waals surface area contributed by atoms with Gasteiger partial charge in [0.15, 0.2) is 0 Å². The first-order chi connectivity index (χ1) is 12.8. The second kappa shape index (κ2) is 7.98. The van der Waals surface area contributed by atoms with E-state index in [4.69, 9.17) is 21.1 Å². The average Bonchev–Trinajstić information content (AvgIpc) is 2.65. The first-order valence-electron chi connectivity index (χ1n) is 8.46. The van der Waals surface area contributed by atoms with Crippen LogP contribution < -0.4 is 4.74 Å². The summed E-state index contributed by atoms with van der Waals surface area (Å²) in [6.07, 6.45) is 0. The van der Waals surface area contributed by atoms with E-state index in [9.17, 15) is 13.2 Å². The lowest BCUT2D eigenvalue weighted by atomic mass is 10.1. The van der Waals surface area contributed by atoms with Gasteiger partial charge in [-0.15, -0.1) is 0 Å². The van der Waals surface area contributed by atoms with E-state index in [-0.39, 0.29) is 28.6 Å². The Balaban J connectivity index is 1.92. The van der Waals surface area contributed by atoms with Gasteiger partial charge in [0, 0.05) is 13.1 Å². The lowest BCUT2D eigenvalue weighted by Gasteiger charge is -2.26. The lowest BCUT2D eigenvalue weighted by Crippen LogP contribution is -2.40. The molecule has 3 rings (SSSR count). The molecule has 1 saturated heterocycles. The first-order valence-corrected chi connectivity index (χ1v) is 10.3. The van der Waals surface area contributed by atoms with Crippen LogP contribution in [0.15, 0.2) is 41.3 Å². The minimum Gasteiger partial charge on any atom is -0.422 e. The third kappa shape index (κ3) is 4.16. The van der Waals surface area contributed by atoms with Gasteiger partial charge in [0.05, 0.1) is 28.7 Å². The van der Waals surface area contributed by atoms with Crippen molar-refractivity contribution in [1.29, 1.82) is 0 Å². The van der Waals surface area contributed by atoms with E-state index in [2.05, 4.69) is 0 Å². The average molecular weight is 410 g/mol. The molecule has 2 aromatic rings. The number of aryl methyl sites for hydroxylation is 2. The van der Waals surface area contributed by atoms with Gasteiger partial charge >= 0.3 is 5.97 Å². The van der Waals surface area contributed by atoms with Crippen LogP contribution in [0.1, 0.15) is 21.5 Å². The van der Waals surface area contributed by atoms with Crippen molar-refractivity contribution in [3.05, 3.63) is 58.1 Å². The smallest absolute Gasteiger partial charge is 0.345 e. The molecule has 8 heteroatoms. The minimum atomic E-state index is -3.74. The Morgan fingerprint density at radius 1 is 1.11 bits per heavy atom. The third-order valence-corrected chi connectivity index (χ3v) is 6.59. The Bertz CT molecular complexity index is 948. The fraction of sp³-hybridized carbons (Fsp3) is 0.316. The number of hydrogen-bond acceptors (Lipinski definition) is 5. The number of carbonyl (C=O) groups excluding carboxylic acids is 1. The van der Waals surface area contributed by atoms with Crippen molar-refractivity contribution < 1.29 is 22.7 Å². The zero-order chi connectivity index (χ0) is 19.6. The summed E-state index contributed by atoms with van der Waals surface area (Å²) in [7, 11) is -3.74. The molecule has 6 nitrogen and oxygen atoms in total. The highest BCUT2D eigenvalue weighted by Gasteiger charge is 2.28. The second-order valence-electron chi connectivity index (χ2n) is 6.27. The number of para-hydroxylation sites is 1. The molecule has 1 heterocycles. The van der Waals surface area contributed by atoms with Gasteiger partial charge in [-0.1, -0.05) is 29.8 Å². The van der Waals surface area contributed by atoms with Gasteiger partial charge in [-0.2, -0.15) is 4.31 Å². The van der Waals surface area contributed by atoms with Gasteiger partial charge in [0.1, 0.15) is 5.75 Å². The summed E-state index contributed by atoms with van der Waals surface area (Å²) in [5.74, 6) is -0.253. The molecule has 0 unspecified atom stereocenters. The van der Waals surface area contributed by atoms with E-state index in [0.717, 1.165) is 11.1 Å². The van der Waals surface area contributed by atoms with Gasteiger partial charge in [-0.25, -0.2) is 13.2 Å². The standard InChI is InChI=1S/C19H20ClNO5S/c1-13-4-3-5-14(2)18(13)26-19(22)16-12-15(6-7-17(16)20)27(23,24)21-8-10-25-11-9-21/h3-7,12H,8-11H2,1-2H3. The molecule has 2 aromatic carbocycles. The van der Waals surface area contributed by atoms with Crippen molar-refractivity contribution in [1.82, 2.24) is 4.31 Å². The molecule has 144 valence electrons. The normalized spacial score (nSPS) is 15.5. The summed E-state index contributed by atoms with van der Waals surface area (Å²) in [5, 5.41) is 0.132. The predicted octanol–water partition coefficient (Wildman–Crippen LogP) is 3.20. The molecule has 0 aromatic heterocycles. The SMILES string of the molecule is Cc1cccc(C)c1OC(=O)c1cc(S(=O)(=O)N2CCOCC2)ccc1Cl. The number of rotatable bonds is 4. The number of nitrogens with zero attached hydrogens (tertiary/aromatic N) is 1. The molecule has 27 heavy (non-hydrogen) atoms. The first kappa shape index (κ1) is 19.8. The van der Waals surface area contributed by atoms with Gasteiger partial charge in [0.2, 0.25) is 10.0 Å². The molecular weight excluding hydrogens is 390 g/mol. The highest BCUT2D eigenvalue weighted by molar-refractivity contribution is 7.89. The maximum absolute atomic E-state index is 12.8. The number of morpholine rings is 1. The topological polar surface area (TPSA) is 72.9 Å². The summed E-state index contributed by atoms with van der Waals surface area (Å²) in [4.78, 5) is 12.7. The van der Waals surface area contributed by atoms with Crippen molar-refractivity contribution in [2.75, 3.05) is 26.3 Å². The molecule has 0 bridgehead atoms. The van der Waals surface area contributed by atoms with Crippen LogP contribution in [-0.4, -0.2) is 45.0 Å². The van der Waals surface area contributed by atoms with Crippen LogP contribution in [0.5, 0.6) is 5.75 Å². The molecule has 0 atom stereocenters. The van der Waals surface area contributed by atoms with E-state index in [1.807, 2.05) is 32.0 Å². The van der Waals surface area contributed by atoms with Crippen LogP contribution >= 0.6 is 11.6 Å². The molecule has 0 N–H and O–H groups in total. The Morgan fingerprint density at radius 3 is 2.37 bits per heavy atom. The highest BCUT2D eigenvalue weighted by Crippen LogP contribution is 2.27. The monoisotopic (exact) mass is 409 g/mol. The number of benzene rings is 2. The van der Waals surface area contributed by atoms with E-state index >= 15 is 0 Å². The van der Waals surface area contributed by atoms with Crippen LogP contribution in [0, 0.1) is 13.8 Å². The van der Waals surface area contributed by atoms with E-state index in [1.54, 1.807) is 0 Å². The van der Waals surface area contributed by atoms with Gasteiger partial charge < -0.3 is 9.47 Å². The van der Waals surface area contributed by atoms with Crippen molar-refractivity contribution in [2.24, 2.45) is 0 Å². The van der Waals surface area contributed by atoms with E-state index < -0.39 is 16.0 Å². The summed E-state index contributed by atoms with van der Waals surface area (Å²) in [6, 6.07) is 9.58. The van der Waals surface area contributed by atoms with E-state index in [1.165, 1.54) is 22.5 Å². The number of sulfonamides is 1. The number of ether oxygens (including phenoxy) is 2. The molecule has 0 radical (unpaired) electrons. The maximum atomic E-state index is 12.8. The van der Waals surface area contributed by atoms with Crippen LogP contribution in [0.25, 0.3) is 0 Å². The zero-order valence-electron chi connectivity index (χ0n) is 15.1. The second-order valence-corrected chi connectivity index (χ2v) is 8.61. The molecular formula is C19H20ClNO5S. The Kier molecular flexibility index (Phi) is 5.86. The molecule has 1 aliphatic rings. The largest absolute Gasteiger partial charge is 0.422 e. The number of esters is 1. The minimum absolute atomic E-state index is 0.00209. The number of carbonyl (C=O) groups is 1. The van der Waals surface area contributed by atoms with E-state index in [0.29, 0.717) is 19.0 Å². The van der Waals surface area contributed by atoms with Crippen LogP contribution in [0.4, 0.5) is 0 Å². The van der Waals surface area contributed by atoms with Gasteiger partial charge in [0.25, 0.3) is 0 Å². The summed E-state index contributed by atoms with van der Waals surface area (Å²) < 4.78 is 37.7. The zero-order valence-corrected chi connectivity index (χ0v) is 16.6. The van der Waals surface area contributed by atoms with Gasteiger partial charge in [-0.3, -0.25) is 0 Å². The Morgan fingerprint density at radius 2 is 1.74 bits per heavy atom. The molecule has 0 saturated carbocycles. The fourth-order valence-electron chi connectivity index (χ4n) is 2.87. The Labute approximate surface area is 163 Å². The summed E-state index contributed by atoms with van der Waals surface area (Å²) in [5.41, 5.74) is 1.61. The van der Waals surface area contributed by atoms with Crippen LogP contribution in [0.3, 0.4) is 0 Å². The fourth-order valence-corrected chi connectivity index (χ4v) is 4.49. The number of halogens is 1. The van der Waals surface area contributed by atoms with Crippen molar-refractivity contribution in [3.8, 4) is 5.75 Å². The van der Waals surface area contributed by atoms with Crippen molar-refractivity contribution >= 4 is 27.6 Å². The van der Waals surface area contributed by atoms with Crippen LogP contribution in [0.2, 0.25) is 5.02 Å². The molecule has 1 aliphatic heterocycles. The number of hydrogen-bond donors (Lipinski definition) is 0. The van der Waals surface area contributed by atoms with Crippen LogP contribution in [-0.2, 0) is 14.8 Å². The molecule has 0 amide bonds. The molecule has 1 fully saturated rings. The lowest BCUT2D eigenvalue weighted by molar-refractivity contribution is 0.0726. The van der Waals surface area contributed by atoms with Crippen molar-refractivity contribution in [2.45, 2.75) is 18.7 Å². The maximum Gasteiger partial charge on any atom is 0.345 e.